The average molecular weight is 271 g/mol. The molecule has 0 unspecified atom stereocenters. The predicted octanol–water partition coefficient (Wildman–Crippen LogP) is 3.92. The minimum Gasteiger partial charge on any atom is -0.485 e. The van der Waals surface area contributed by atoms with Crippen molar-refractivity contribution in [3.8, 4) is 11.5 Å². The van der Waals surface area contributed by atoms with Crippen molar-refractivity contribution in [2.24, 2.45) is 0 Å². The second kappa shape index (κ2) is 4.82. The SMILES string of the molecule is CC1(C)Cc2cccc(OCc3cc[c]cc3F)c2O1. The van der Waals surface area contributed by atoms with E-state index in [1.807, 2.05) is 32.0 Å². The molecule has 1 aliphatic rings. The molecular weight excluding hydrogens is 255 g/mol. The van der Waals surface area contributed by atoms with Gasteiger partial charge in [0.25, 0.3) is 0 Å². The van der Waals surface area contributed by atoms with Crippen molar-refractivity contribution in [2.45, 2.75) is 32.5 Å². The van der Waals surface area contributed by atoms with E-state index in [0.717, 1.165) is 17.7 Å². The summed E-state index contributed by atoms with van der Waals surface area (Å²) in [5, 5.41) is 0. The van der Waals surface area contributed by atoms with Gasteiger partial charge in [0.15, 0.2) is 11.5 Å². The molecule has 0 atom stereocenters. The molecule has 2 aromatic carbocycles. The molecule has 0 amide bonds. The first kappa shape index (κ1) is 13.0. The average Bonchev–Trinajstić information content (AvgIpc) is 2.72. The fourth-order valence-electron chi connectivity index (χ4n) is 2.42. The predicted molar refractivity (Wildman–Crippen MR) is 74.4 cm³/mol. The Labute approximate surface area is 118 Å². The normalized spacial score (nSPS) is 15.6. The summed E-state index contributed by atoms with van der Waals surface area (Å²) in [6, 6.07) is 13.2. The Morgan fingerprint density at radius 3 is 3.00 bits per heavy atom. The second-order valence-corrected chi connectivity index (χ2v) is 5.59. The van der Waals surface area contributed by atoms with E-state index in [1.54, 1.807) is 12.1 Å². The van der Waals surface area contributed by atoms with Gasteiger partial charge in [-0.15, -0.1) is 0 Å². The Balaban J connectivity index is 1.80. The van der Waals surface area contributed by atoms with E-state index < -0.39 is 0 Å². The Morgan fingerprint density at radius 2 is 2.20 bits per heavy atom. The van der Waals surface area contributed by atoms with Gasteiger partial charge < -0.3 is 9.47 Å². The van der Waals surface area contributed by atoms with Crippen molar-refractivity contribution in [2.75, 3.05) is 0 Å². The molecule has 0 bridgehead atoms. The molecule has 0 saturated heterocycles. The third kappa shape index (κ3) is 2.48. The summed E-state index contributed by atoms with van der Waals surface area (Å²) in [5.41, 5.74) is 1.43. The van der Waals surface area contributed by atoms with Crippen LogP contribution in [-0.2, 0) is 13.0 Å². The molecule has 2 aromatic rings. The molecule has 2 nitrogen and oxygen atoms in total. The van der Waals surface area contributed by atoms with Crippen molar-refractivity contribution >= 4 is 0 Å². The topological polar surface area (TPSA) is 18.5 Å². The third-order valence-electron chi connectivity index (χ3n) is 3.34. The molecular formula is C17H16FO2. The van der Waals surface area contributed by atoms with Crippen molar-refractivity contribution in [3.63, 3.8) is 0 Å². The summed E-state index contributed by atoms with van der Waals surface area (Å²) in [5.74, 6) is 1.14. The van der Waals surface area contributed by atoms with Crippen molar-refractivity contribution in [1.82, 2.24) is 0 Å². The highest BCUT2D eigenvalue weighted by atomic mass is 19.1. The van der Waals surface area contributed by atoms with Crippen LogP contribution in [0.25, 0.3) is 0 Å². The Kier molecular flexibility index (Phi) is 3.13. The fourth-order valence-corrected chi connectivity index (χ4v) is 2.42. The zero-order valence-electron chi connectivity index (χ0n) is 11.6. The van der Waals surface area contributed by atoms with E-state index in [4.69, 9.17) is 9.47 Å². The first-order valence-electron chi connectivity index (χ1n) is 6.63. The molecule has 1 heterocycles. The fraction of sp³-hybridized carbons (Fsp3) is 0.294. The first-order valence-corrected chi connectivity index (χ1v) is 6.63. The molecule has 0 spiro atoms. The van der Waals surface area contributed by atoms with E-state index in [2.05, 4.69) is 6.07 Å². The molecule has 1 radical (unpaired) electrons. The van der Waals surface area contributed by atoms with Gasteiger partial charge in [0.05, 0.1) is 0 Å². The molecule has 0 aromatic heterocycles. The van der Waals surface area contributed by atoms with Crippen LogP contribution < -0.4 is 9.47 Å². The minimum atomic E-state index is -0.304. The van der Waals surface area contributed by atoms with E-state index >= 15 is 0 Å². The molecule has 3 heteroatoms. The minimum absolute atomic E-state index is 0.181. The van der Waals surface area contributed by atoms with Crippen LogP contribution in [0.4, 0.5) is 4.39 Å². The maximum Gasteiger partial charge on any atom is 0.165 e. The van der Waals surface area contributed by atoms with E-state index in [-0.39, 0.29) is 18.0 Å². The van der Waals surface area contributed by atoms with Gasteiger partial charge in [0.1, 0.15) is 18.0 Å². The molecule has 0 saturated carbocycles. The molecule has 0 N–H and O–H groups in total. The molecule has 103 valence electrons. The van der Waals surface area contributed by atoms with Gasteiger partial charge in [-0.2, -0.15) is 0 Å². The van der Waals surface area contributed by atoms with Crippen molar-refractivity contribution in [1.29, 1.82) is 0 Å². The summed E-state index contributed by atoms with van der Waals surface area (Å²) in [7, 11) is 0. The third-order valence-corrected chi connectivity index (χ3v) is 3.34. The summed E-state index contributed by atoms with van der Waals surface area (Å²) < 4.78 is 25.2. The number of ether oxygens (including phenoxy) is 2. The van der Waals surface area contributed by atoms with Gasteiger partial charge in [-0.05, 0) is 32.0 Å². The monoisotopic (exact) mass is 271 g/mol. The Hall–Kier alpha value is -2.03. The van der Waals surface area contributed by atoms with Crippen LogP contribution in [0.3, 0.4) is 0 Å². The largest absolute Gasteiger partial charge is 0.485 e. The zero-order chi connectivity index (χ0) is 14.2. The molecule has 0 fully saturated rings. The number of rotatable bonds is 3. The number of fused-ring (bicyclic) bond motifs is 1. The summed E-state index contributed by atoms with van der Waals surface area (Å²) in [6.07, 6.45) is 0.855. The number of benzene rings is 2. The van der Waals surface area contributed by atoms with Crippen LogP contribution in [0.1, 0.15) is 25.0 Å². The lowest BCUT2D eigenvalue weighted by Gasteiger charge is -2.18. The van der Waals surface area contributed by atoms with E-state index in [0.29, 0.717) is 11.3 Å². The molecule has 0 aliphatic carbocycles. The van der Waals surface area contributed by atoms with E-state index in [1.165, 1.54) is 6.07 Å². The highest BCUT2D eigenvalue weighted by Gasteiger charge is 2.32. The zero-order valence-corrected chi connectivity index (χ0v) is 11.6. The van der Waals surface area contributed by atoms with Gasteiger partial charge in [-0.3, -0.25) is 0 Å². The molecule has 1 aliphatic heterocycles. The van der Waals surface area contributed by atoms with Crippen LogP contribution in [0, 0.1) is 11.9 Å². The van der Waals surface area contributed by atoms with Crippen molar-refractivity contribution < 1.29 is 13.9 Å². The van der Waals surface area contributed by atoms with Gasteiger partial charge in [0, 0.05) is 17.5 Å². The maximum absolute atomic E-state index is 13.5. The van der Waals surface area contributed by atoms with Gasteiger partial charge in [-0.25, -0.2) is 4.39 Å². The number of para-hydroxylation sites is 1. The van der Waals surface area contributed by atoms with E-state index in [9.17, 15) is 4.39 Å². The molecule has 3 rings (SSSR count). The smallest absolute Gasteiger partial charge is 0.165 e. The van der Waals surface area contributed by atoms with Crippen molar-refractivity contribution in [3.05, 3.63) is 59.4 Å². The Bertz CT molecular complexity index is 635. The first-order chi connectivity index (χ1) is 9.55. The molecule has 20 heavy (non-hydrogen) atoms. The number of hydrogen-bond acceptors (Lipinski definition) is 2. The maximum atomic E-state index is 13.5. The van der Waals surface area contributed by atoms with Crippen LogP contribution >= 0.6 is 0 Å². The standard InChI is InChI=1S/C17H16FO2/c1-17(2)10-12-7-5-9-15(16(12)20-17)19-11-13-6-3-4-8-14(13)18/h3,5-9H,10-11H2,1-2H3. The lowest BCUT2D eigenvalue weighted by molar-refractivity contribution is 0.131. The van der Waals surface area contributed by atoms with Gasteiger partial charge in [0.2, 0.25) is 0 Å². The van der Waals surface area contributed by atoms with Crippen LogP contribution in [0.15, 0.2) is 36.4 Å². The lowest BCUT2D eigenvalue weighted by atomic mass is 10.0. The lowest BCUT2D eigenvalue weighted by Crippen LogP contribution is -2.24. The summed E-state index contributed by atoms with van der Waals surface area (Å²) >= 11 is 0. The quantitative estimate of drug-likeness (QED) is 0.842. The summed E-state index contributed by atoms with van der Waals surface area (Å²) in [6.45, 7) is 4.27. The van der Waals surface area contributed by atoms with Crippen LogP contribution in [-0.4, -0.2) is 5.60 Å². The van der Waals surface area contributed by atoms with Crippen LogP contribution in [0.2, 0.25) is 0 Å². The number of hydrogen-bond donors (Lipinski definition) is 0. The second-order valence-electron chi connectivity index (χ2n) is 5.59. The van der Waals surface area contributed by atoms with Gasteiger partial charge >= 0.3 is 0 Å². The summed E-state index contributed by atoms with van der Waals surface area (Å²) in [4.78, 5) is 0. The Morgan fingerprint density at radius 1 is 1.35 bits per heavy atom. The highest BCUT2D eigenvalue weighted by Crippen LogP contribution is 2.41. The highest BCUT2D eigenvalue weighted by molar-refractivity contribution is 5.50. The van der Waals surface area contributed by atoms with Crippen LogP contribution in [0.5, 0.6) is 11.5 Å². The number of halogens is 1. The van der Waals surface area contributed by atoms with Gasteiger partial charge in [-0.1, -0.05) is 24.3 Å².